The van der Waals surface area contributed by atoms with Crippen molar-refractivity contribution in [3.05, 3.63) is 29.3 Å². The van der Waals surface area contributed by atoms with Gasteiger partial charge >= 0.3 is 0 Å². The Kier molecular flexibility index (Phi) is 5.60. The zero-order valence-corrected chi connectivity index (χ0v) is 13.9. The third-order valence-corrected chi connectivity index (χ3v) is 4.14. The second-order valence-electron chi connectivity index (χ2n) is 5.92. The first-order valence-electron chi connectivity index (χ1n) is 7.83. The van der Waals surface area contributed by atoms with E-state index >= 15 is 0 Å². The van der Waals surface area contributed by atoms with E-state index < -0.39 is 6.10 Å². The van der Waals surface area contributed by atoms with Crippen LogP contribution in [0.25, 0.3) is 0 Å². The predicted octanol–water partition coefficient (Wildman–Crippen LogP) is 0.734. The highest BCUT2D eigenvalue weighted by atomic mass is 16.5. The molecule has 1 atom stereocenters. The van der Waals surface area contributed by atoms with Crippen molar-refractivity contribution in [3.63, 3.8) is 0 Å². The van der Waals surface area contributed by atoms with Gasteiger partial charge in [-0.1, -0.05) is 6.07 Å². The molecule has 0 radical (unpaired) electrons. The molecule has 126 valence electrons. The van der Waals surface area contributed by atoms with Gasteiger partial charge in [0.15, 0.2) is 6.61 Å². The Bertz CT molecular complexity index is 578. The van der Waals surface area contributed by atoms with Gasteiger partial charge in [-0.25, -0.2) is 0 Å². The smallest absolute Gasteiger partial charge is 0.260 e. The van der Waals surface area contributed by atoms with Gasteiger partial charge in [-0.15, -0.1) is 0 Å². The lowest BCUT2D eigenvalue weighted by atomic mass is 10.1. The van der Waals surface area contributed by atoms with Crippen molar-refractivity contribution in [2.75, 3.05) is 32.8 Å². The van der Waals surface area contributed by atoms with Crippen LogP contribution in [0.5, 0.6) is 5.75 Å². The van der Waals surface area contributed by atoms with Crippen LogP contribution in [0.15, 0.2) is 18.2 Å². The van der Waals surface area contributed by atoms with Gasteiger partial charge in [-0.05, 0) is 44.0 Å². The van der Waals surface area contributed by atoms with E-state index in [9.17, 15) is 14.7 Å². The third-order valence-electron chi connectivity index (χ3n) is 4.14. The fourth-order valence-corrected chi connectivity index (χ4v) is 2.48. The Morgan fingerprint density at radius 3 is 2.30 bits per heavy atom. The maximum Gasteiger partial charge on any atom is 0.260 e. The van der Waals surface area contributed by atoms with Crippen molar-refractivity contribution in [1.82, 2.24) is 9.80 Å². The molecule has 0 aliphatic carbocycles. The zero-order valence-electron chi connectivity index (χ0n) is 13.9. The molecule has 1 aliphatic rings. The highest BCUT2D eigenvalue weighted by molar-refractivity contribution is 5.81. The topological polar surface area (TPSA) is 70.1 Å². The largest absolute Gasteiger partial charge is 0.484 e. The highest BCUT2D eigenvalue weighted by Crippen LogP contribution is 2.16. The van der Waals surface area contributed by atoms with Crippen LogP contribution in [-0.2, 0) is 9.59 Å². The van der Waals surface area contributed by atoms with E-state index in [0.717, 1.165) is 5.56 Å². The number of benzene rings is 1. The van der Waals surface area contributed by atoms with E-state index in [1.165, 1.54) is 12.5 Å². The van der Waals surface area contributed by atoms with Crippen LogP contribution in [0.1, 0.15) is 18.1 Å². The minimum Gasteiger partial charge on any atom is -0.484 e. The van der Waals surface area contributed by atoms with Crippen molar-refractivity contribution in [1.29, 1.82) is 0 Å². The van der Waals surface area contributed by atoms with Crippen LogP contribution in [0, 0.1) is 13.8 Å². The van der Waals surface area contributed by atoms with Crippen molar-refractivity contribution in [2.45, 2.75) is 26.9 Å². The first-order chi connectivity index (χ1) is 10.9. The van der Waals surface area contributed by atoms with Crippen LogP contribution in [0.2, 0.25) is 0 Å². The van der Waals surface area contributed by atoms with Crippen LogP contribution in [0.4, 0.5) is 0 Å². The number of nitrogens with zero attached hydrogens (tertiary/aromatic N) is 2. The average molecular weight is 320 g/mol. The molecule has 1 fully saturated rings. The van der Waals surface area contributed by atoms with Gasteiger partial charge in [-0.3, -0.25) is 9.59 Å². The number of rotatable bonds is 4. The van der Waals surface area contributed by atoms with E-state index in [4.69, 9.17) is 4.74 Å². The number of amides is 2. The Morgan fingerprint density at radius 1 is 1.13 bits per heavy atom. The van der Waals surface area contributed by atoms with Crippen molar-refractivity contribution in [3.8, 4) is 5.75 Å². The standard InChI is InChI=1S/C17H24N2O4/c1-12-4-5-15(10-13(12)2)23-11-16(21)18-6-8-19(9-7-18)17(22)14(3)20/h4-5,10,14,20H,6-9,11H2,1-3H3/t14-/m0/s1. The highest BCUT2D eigenvalue weighted by Gasteiger charge is 2.26. The first kappa shape index (κ1) is 17.3. The molecule has 2 amide bonds. The van der Waals surface area contributed by atoms with E-state index in [2.05, 4.69) is 0 Å². The molecule has 1 saturated heterocycles. The van der Waals surface area contributed by atoms with E-state index in [1.807, 2.05) is 32.0 Å². The molecule has 0 saturated carbocycles. The minimum absolute atomic E-state index is 0.00709. The molecule has 1 N–H and O–H groups in total. The maximum atomic E-state index is 12.2. The summed E-state index contributed by atoms with van der Waals surface area (Å²) in [6.07, 6.45) is -0.995. The molecule has 0 spiro atoms. The molecule has 0 aromatic heterocycles. The Morgan fingerprint density at radius 2 is 1.74 bits per heavy atom. The van der Waals surface area contributed by atoms with Crippen molar-refractivity contribution in [2.24, 2.45) is 0 Å². The summed E-state index contributed by atoms with van der Waals surface area (Å²) in [6.45, 7) is 7.30. The number of carbonyl (C=O) groups is 2. The summed E-state index contributed by atoms with van der Waals surface area (Å²) >= 11 is 0. The predicted molar refractivity (Wildman–Crippen MR) is 86.3 cm³/mol. The molecule has 0 bridgehead atoms. The average Bonchev–Trinajstić information content (AvgIpc) is 2.55. The summed E-state index contributed by atoms with van der Waals surface area (Å²) in [4.78, 5) is 27.1. The lowest BCUT2D eigenvalue weighted by Gasteiger charge is -2.35. The molecule has 1 aromatic carbocycles. The van der Waals surface area contributed by atoms with Crippen molar-refractivity contribution < 1.29 is 19.4 Å². The van der Waals surface area contributed by atoms with Crippen LogP contribution >= 0.6 is 0 Å². The molecule has 0 unspecified atom stereocenters. The van der Waals surface area contributed by atoms with E-state index in [-0.39, 0.29) is 18.4 Å². The SMILES string of the molecule is Cc1ccc(OCC(=O)N2CCN(C(=O)[C@H](C)O)CC2)cc1C. The van der Waals surface area contributed by atoms with Gasteiger partial charge in [0.05, 0.1) is 0 Å². The lowest BCUT2D eigenvalue weighted by molar-refractivity contribution is -0.145. The molecule has 1 aromatic rings. The normalized spacial score (nSPS) is 16.2. The summed E-state index contributed by atoms with van der Waals surface area (Å²) in [5.74, 6) is 0.306. The Labute approximate surface area is 136 Å². The molecule has 1 heterocycles. The molecular formula is C17H24N2O4. The van der Waals surface area contributed by atoms with Gasteiger partial charge in [0.25, 0.3) is 11.8 Å². The number of aliphatic hydroxyl groups excluding tert-OH is 1. The Hall–Kier alpha value is -2.08. The first-order valence-corrected chi connectivity index (χ1v) is 7.83. The Balaban J connectivity index is 1.81. The fraction of sp³-hybridized carbons (Fsp3) is 0.529. The molecule has 23 heavy (non-hydrogen) atoms. The quantitative estimate of drug-likeness (QED) is 0.888. The van der Waals surface area contributed by atoms with Crippen LogP contribution in [-0.4, -0.2) is 65.6 Å². The van der Waals surface area contributed by atoms with Gasteiger partial charge in [0, 0.05) is 26.2 Å². The number of aliphatic hydroxyl groups is 1. The number of hydrogen-bond donors (Lipinski definition) is 1. The summed E-state index contributed by atoms with van der Waals surface area (Å²) in [5, 5.41) is 9.31. The third kappa shape index (κ3) is 4.45. The zero-order chi connectivity index (χ0) is 17.0. The van der Waals surface area contributed by atoms with Gasteiger partial charge < -0.3 is 19.6 Å². The maximum absolute atomic E-state index is 12.2. The number of aryl methyl sites for hydroxylation is 2. The van der Waals surface area contributed by atoms with Gasteiger partial charge in [0.1, 0.15) is 11.9 Å². The van der Waals surface area contributed by atoms with Crippen LogP contribution in [0.3, 0.4) is 0 Å². The fourth-order valence-electron chi connectivity index (χ4n) is 2.48. The summed E-state index contributed by atoms with van der Waals surface area (Å²) in [7, 11) is 0. The van der Waals surface area contributed by atoms with Gasteiger partial charge in [0.2, 0.25) is 0 Å². The summed E-state index contributed by atoms with van der Waals surface area (Å²) in [5.41, 5.74) is 2.31. The number of carbonyl (C=O) groups excluding carboxylic acids is 2. The second kappa shape index (κ2) is 7.46. The number of hydrogen-bond acceptors (Lipinski definition) is 4. The number of piperazine rings is 1. The van der Waals surface area contributed by atoms with Crippen molar-refractivity contribution >= 4 is 11.8 Å². The monoisotopic (exact) mass is 320 g/mol. The molecule has 6 heteroatoms. The summed E-state index contributed by atoms with van der Waals surface area (Å²) in [6, 6.07) is 5.74. The molecule has 2 rings (SSSR count). The summed E-state index contributed by atoms with van der Waals surface area (Å²) < 4.78 is 5.56. The van der Waals surface area contributed by atoms with Crippen LogP contribution < -0.4 is 4.74 Å². The molecule has 1 aliphatic heterocycles. The number of ether oxygens (including phenoxy) is 1. The molecule has 6 nitrogen and oxygen atoms in total. The molecular weight excluding hydrogens is 296 g/mol. The minimum atomic E-state index is -0.995. The van der Waals surface area contributed by atoms with Gasteiger partial charge in [-0.2, -0.15) is 0 Å². The van der Waals surface area contributed by atoms with E-state index in [1.54, 1.807) is 9.80 Å². The lowest BCUT2D eigenvalue weighted by Crippen LogP contribution is -2.53. The van der Waals surface area contributed by atoms with E-state index in [0.29, 0.717) is 31.9 Å². The second-order valence-corrected chi connectivity index (χ2v) is 5.92.